The lowest BCUT2D eigenvalue weighted by Gasteiger charge is -2.07. The number of nitrogens with one attached hydrogen (secondary N) is 2. The van der Waals surface area contributed by atoms with E-state index in [4.69, 9.17) is 0 Å². The number of carbonyl (C=O) groups excluding carboxylic acids is 1. The number of pyridine rings is 1. The van der Waals surface area contributed by atoms with Crippen LogP contribution in [0.1, 0.15) is 10.4 Å². The van der Waals surface area contributed by atoms with Crippen molar-refractivity contribution in [3.63, 3.8) is 0 Å². The maximum atomic E-state index is 11.9. The smallest absolute Gasteiger partial charge is 0.259 e. The van der Waals surface area contributed by atoms with Gasteiger partial charge in [-0.25, -0.2) is 4.98 Å². The molecule has 0 bridgehead atoms. The zero-order valence-electron chi connectivity index (χ0n) is 9.21. The van der Waals surface area contributed by atoms with Gasteiger partial charge in [-0.15, -0.1) is 0 Å². The molecule has 2 rings (SSSR count). The summed E-state index contributed by atoms with van der Waals surface area (Å²) in [6.45, 7) is 0. The van der Waals surface area contributed by atoms with Gasteiger partial charge >= 0.3 is 0 Å². The Morgan fingerprint density at radius 2 is 2.00 bits per heavy atom. The molecule has 0 atom stereocenters. The summed E-state index contributed by atoms with van der Waals surface area (Å²) in [5.41, 5.74) is 1.17. The van der Waals surface area contributed by atoms with Crippen LogP contribution >= 0.6 is 0 Å². The second-order valence-electron chi connectivity index (χ2n) is 3.22. The molecule has 86 valence electrons. The number of carbonyl (C=O) groups is 1. The highest BCUT2D eigenvalue weighted by Crippen LogP contribution is 2.13. The molecule has 6 nitrogen and oxygen atoms in total. The van der Waals surface area contributed by atoms with E-state index in [0.717, 1.165) is 0 Å². The van der Waals surface area contributed by atoms with Crippen LogP contribution in [-0.2, 0) is 0 Å². The van der Waals surface area contributed by atoms with Gasteiger partial charge in [0.15, 0.2) is 5.82 Å². The van der Waals surface area contributed by atoms with E-state index >= 15 is 0 Å². The number of anilines is 2. The second-order valence-corrected chi connectivity index (χ2v) is 3.22. The maximum absolute atomic E-state index is 11.9. The highest BCUT2D eigenvalue weighted by Gasteiger charge is 2.10. The standard InChI is InChI=1S/C11H11N5O/c1-12-9-6-13-3-2-8(9)11(17)16-10-7-14-4-5-15-10/h2-7,12H,1H3,(H,15,16,17). The first-order chi connectivity index (χ1) is 8.31. The third-order valence-corrected chi connectivity index (χ3v) is 2.14. The molecule has 2 N–H and O–H groups in total. The van der Waals surface area contributed by atoms with Gasteiger partial charge in [0.1, 0.15) is 0 Å². The molecule has 2 heterocycles. The van der Waals surface area contributed by atoms with Gasteiger partial charge in [0.05, 0.1) is 23.6 Å². The molecule has 2 aromatic heterocycles. The van der Waals surface area contributed by atoms with E-state index in [0.29, 0.717) is 17.1 Å². The first-order valence-corrected chi connectivity index (χ1v) is 5.00. The Hall–Kier alpha value is -2.50. The molecule has 6 heteroatoms. The van der Waals surface area contributed by atoms with Crippen LogP contribution in [0.3, 0.4) is 0 Å². The first-order valence-electron chi connectivity index (χ1n) is 5.00. The molecule has 2 aromatic rings. The fourth-order valence-electron chi connectivity index (χ4n) is 1.34. The minimum absolute atomic E-state index is 0.253. The predicted octanol–water partition coefficient (Wildman–Crippen LogP) is 1.17. The number of amides is 1. The van der Waals surface area contributed by atoms with Crippen LogP contribution in [-0.4, -0.2) is 27.9 Å². The van der Waals surface area contributed by atoms with Crippen LogP contribution in [0, 0.1) is 0 Å². The molecule has 0 aliphatic carbocycles. The quantitative estimate of drug-likeness (QED) is 0.825. The van der Waals surface area contributed by atoms with Gasteiger partial charge in [0.25, 0.3) is 5.91 Å². The number of hydrogen-bond acceptors (Lipinski definition) is 5. The number of nitrogens with zero attached hydrogens (tertiary/aromatic N) is 3. The molecule has 0 unspecified atom stereocenters. The Kier molecular flexibility index (Phi) is 3.25. The average molecular weight is 229 g/mol. The fourth-order valence-corrected chi connectivity index (χ4v) is 1.34. The molecule has 1 amide bonds. The number of aromatic nitrogens is 3. The van der Waals surface area contributed by atoms with Crippen LogP contribution in [0.25, 0.3) is 0 Å². The first kappa shape index (κ1) is 11.0. The minimum atomic E-state index is -0.253. The summed E-state index contributed by atoms with van der Waals surface area (Å²) in [6.07, 6.45) is 7.69. The van der Waals surface area contributed by atoms with Gasteiger partial charge in [-0.1, -0.05) is 0 Å². The van der Waals surface area contributed by atoms with E-state index in [9.17, 15) is 4.79 Å². The molecule has 0 spiro atoms. The van der Waals surface area contributed by atoms with Crippen molar-refractivity contribution in [2.75, 3.05) is 17.7 Å². The third kappa shape index (κ3) is 2.54. The number of hydrogen-bond donors (Lipinski definition) is 2. The molecular formula is C11H11N5O. The van der Waals surface area contributed by atoms with Crippen molar-refractivity contribution in [2.24, 2.45) is 0 Å². The highest BCUT2D eigenvalue weighted by atomic mass is 16.1. The molecule has 0 aromatic carbocycles. The lowest BCUT2D eigenvalue weighted by molar-refractivity contribution is 0.102. The SMILES string of the molecule is CNc1cnccc1C(=O)Nc1cnccn1. The van der Waals surface area contributed by atoms with Gasteiger partial charge in [-0.3, -0.25) is 14.8 Å². The average Bonchev–Trinajstić information content (AvgIpc) is 2.40. The maximum Gasteiger partial charge on any atom is 0.259 e. The van der Waals surface area contributed by atoms with E-state index < -0.39 is 0 Å². The Labute approximate surface area is 98.1 Å². The van der Waals surface area contributed by atoms with Crippen molar-refractivity contribution in [2.45, 2.75) is 0 Å². The van der Waals surface area contributed by atoms with Crippen molar-refractivity contribution < 1.29 is 4.79 Å². The molecule has 0 aliphatic heterocycles. The van der Waals surface area contributed by atoms with Gasteiger partial charge in [-0.2, -0.15) is 0 Å². The number of rotatable bonds is 3. The zero-order chi connectivity index (χ0) is 12.1. The van der Waals surface area contributed by atoms with Crippen molar-refractivity contribution >= 4 is 17.4 Å². The van der Waals surface area contributed by atoms with Crippen LogP contribution in [0.2, 0.25) is 0 Å². The van der Waals surface area contributed by atoms with Crippen molar-refractivity contribution in [3.8, 4) is 0 Å². The third-order valence-electron chi connectivity index (χ3n) is 2.14. The summed E-state index contributed by atoms with van der Waals surface area (Å²) in [5.74, 6) is 0.161. The zero-order valence-corrected chi connectivity index (χ0v) is 9.21. The van der Waals surface area contributed by atoms with E-state index in [2.05, 4.69) is 25.6 Å². The van der Waals surface area contributed by atoms with E-state index in [1.807, 2.05) is 0 Å². The van der Waals surface area contributed by atoms with Gasteiger partial charge in [-0.05, 0) is 6.07 Å². The Bertz CT molecular complexity index is 514. The van der Waals surface area contributed by atoms with Gasteiger partial charge in [0.2, 0.25) is 0 Å². The van der Waals surface area contributed by atoms with Crippen LogP contribution < -0.4 is 10.6 Å². The van der Waals surface area contributed by atoms with Crippen molar-refractivity contribution in [1.29, 1.82) is 0 Å². The Morgan fingerprint density at radius 1 is 1.18 bits per heavy atom. The van der Waals surface area contributed by atoms with E-state index in [1.54, 1.807) is 31.7 Å². The van der Waals surface area contributed by atoms with Crippen LogP contribution in [0.15, 0.2) is 37.1 Å². The molecule has 0 saturated heterocycles. The van der Waals surface area contributed by atoms with Gasteiger partial charge in [0, 0.05) is 25.6 Å². The van der Waals surface area contributed by atoms with Gasteiger partial charge < -0.3 is 10.6 Å². The van der Waals surface area contributed by atoms with Crippen molar-refractivity contribution in [3.05, 3.63) is 42.6 Å². The fraction of sp³-hybridized carbons (Fsp3) is 0.0909. The summed E-state index contributed by atoms with van der Waals surface area (Å²) in [4.78, 5) is 23.7. The topological polar surface area (TPSA) is 79.8 Å². The second kappa shape index (κ2) is 5.02. The Balaban J connectivity index is 2.20. The molecule has 0 saturated carbocycles. The Morgan fingerprint density at radius 3 is 2.71 bits per heavy atom. The largest absolute Gasteiger partial charge is 0.386 e. The molecule has 0 fully saturated rings. The van der Waals surface area contributed by atoms with E-state index in [-0.39, 0.29) is 5.91 Å². The van der Waals surface area contributed by atoms with E-state index in [1.165, 1.54) is 12.4 Å². The van der Waals surface area contributed by atoms with Crippen molar-refractivity contribution in [1.82, 2.24) is 15.0 Å². The normalized spacial score (nSPS) is 9.71. The molecule has 0 aliphatic rings. The van der Waals surface area contributed by atoms with Crippen LogP contribution in [0.5, 0.6) is 0 Å². The highest BCUT2D eigenvalue weighted by molar-refractivity contribution is 6.07. The van der Waals surface area contributed by atoms with Crippen LogP contribution in [0.4, 0.5) is 11.5 Å². The summed E-state index contributed by atoms with van der Waals surface area (Å²) in [5, 5.41) is 5.56. The molecule has 17 heavy (non-hydrogen) atoms. The summed E-state index contributed by atoms with van der Waals surface area (Å²) in [7, 11) is 1.73. The predicted molar refractivity (Wildman–Crippen MR) is 63.8 cm³/mol. The molecular weight excluding hydrogens is 218 g/mol. The lowest BCUT2D eigenvalue weighted by atomic mass is 10.2. The minimum Gasteiger partial charge on any atom is -0.386 e. The molecule has 0 radical (unpaired) electrons. The monoisotopic (exact) mass is 229 g/mol. The summed E-state index contributed by atoms with van der Waals surface area (Å²) >= 11 is 0. The lowest BCUT2D eigenvalue weighted by Crippen LogP contribution is -2.15. The summed E-state index contributed by atoms with van der Waals surface area (Å²) in [6, 6.07) is 1.64. The summed E-state index contributed by atoms with van der Waals surface area (Å²) < 4.78 is 0.